The van der Waals surface area contributed by atoms with Crippen molar-refractivity contribution in [3.63, 3.8) is 0 Å². The second-order valence-electron chi connectivity index (χ2n) is 5.24. The Labute approximate surface area is 144 Å². The molecule has 0 aliphatic carbocycles. The Kier molecular flexibility index (Phi) is 6.59. The summed E-state index contributed by atoms with van der Waals surface area (Å²) in [6.07, 6.45) is 1.74. The van der Waals surface area contributed by atoms with Gasteiger partial charge in [-0.05, 0) is 42.8 Å². The lowest BCUT2D eigenvalue weighted by Gasteiger charge is -2.11. The van der Waals surface area contributed by atoms with E-state index in [1.54, 1.807) is 30.3 Å². The van der Waals surface area contributed by atoms with Crippen molar-refractivity contribution in [2.45, 2.75) is 18.9 Å². The van der Waals surface area contributed by atoms with Crippen LogP contribution in [0.2, 0.25) is 0 Å². The zero-order valence-corrected chi connectivity index (χ0v) is 13.4. The molecule has 0 saturated carbocycles. The van der Waals surface area contributed by atoms with Crippen molar-refractivity contribution in [2.24, 2.45) is 0 Å². The zero-order chi connectivity index (χ0) is 18.1. The van der Waals surface area contributed by atoms with E-state index in [1.165, 1.54) is 24.3 Å². The SMILES string of the molecule is O=CCC[C@@H](C=O)NC(=O)c1ccc(OC(=O)c2ccccc2)cc1. The van der Waals surface area contributed by atoms with Gasteiger partial charge in [-0.2, -0.15) is 0 Å². The predicted octanol–water partition coefficient (Wildman–Crippen LogP) is 2.18. The van der Waals surface area contributed by atoms with Crippen LogP contribution in [0.5, 0.6) is 5.75 Å². The quantitative estimate of drug-likeness (QED) is 0.452. The van der Waals surface area contributed by atoms with Gasteiger partial charge in [0.25, 0.3) is 5.91 Å². The number of rotatable bonds is 8. The number of ether oxygens (including phenoxy) is 1. The minimum Gasteiger partial charge on any atom is -0.423 e. The van der Waals surface area contributed by atoms with Crippen LogP contribution in [0, 0.1) is 0 Å². The maximum atomic E-state index is 12.1. The number of benzene rings is 2. The van der Waals surface area contributed by atoms with E-state index in [2.05, 4.69) is 5.32 Å². The number of carbonyl (C=O) groups is 4. The lowest BCUT2D eigenvalue weighted by atomic mass is 10.1. The second-order valence-corrected chi connectivity index (χ2v) is 5.24. The molecule has 0 aromatic heterocycles. The molecule has 1 amide bonds. The van der Waals surface area contributed by atoms with Gasteiger partial charge in [-0.1, -0.05) is 18.2 Å². The molecule has 0 radical (unpaired) electrons. The topological polar surface area (TPSA) is 89.5 Å². The van der Waals surface area contributed by atoms with Gasteiger partial charge in [-0.25, -0.2) is 4.79 Å². The Bertz CT molecular complexity index is 740. The van der Waals surface area contributed by atoms with Gasteiger partial charge >= 0.3 is 5.97 Å². The van der Waals surface area contributed by atoms with Gasteiger partial charge in [-0.3, -0.25) is 4.79 Å². The summed E-state index contributed by atoms with van der Waals surface area (Å²) in [7, 11) is 0. The van der Waals surface area contributed by atoms with Gasteiger partial charge < -0.3 is 19.6 Å². The van der Waals surface area contributed by atoms with Crippen LogP contribution in [0.3, 0.4) is 0 Å². The van der Waals surface area contributed by atoms with Crippen LogP contribution < -0.4 is 10.1 Å². The van der Waals surface area contributed by atoms with Gasteiger partial charge in [0.15, 0.2) is 0 Å². The average Bonchev–Trinajstić information content (AvgIpc) is 2.66. The summed E-state index contributed by atoms with van der Waals surface area (Å²) < 4.78 is 5.22. The van der Waals surface area contributed by atoms with E-state index in [0.717, 1.165) is 0 Å². The number of aldehydes is 2. The Morgan fingerprint density at radius 1 is 0.960 bits per heavy atom. The minimum absolute atomic E-state index is 0.193. The standard InChI is InChI=1S/C19H17NO5/c21-12-4-7-16(13-22)20-18(23)14-8-10-17(11-9-14)25-19(24)15-5-2-1-3-6-15/h1-3,5-6,8-13,16H,4,7H2,(H,20,23)/t16-/m0/s1. The molecule has 2 aromatic rings. The molecule has 0 fully saturated rings. The largest absolute Gasteiger partial charge is 0.423 e. The Morgan fingerprint density at radius 2 is 1.64 bits per heavy atom. The summed E-state index contributed by atoms with van der Waals surface area (Å²) in [6, 6.07) is 13.8. The summed E-state index contributed by atoms with van der Waals surface area (Å²) in [4.78, 5) is 45.3. The molecule has 6 heteroatoms. The molecule has 0 aliphatic rings. The number of amides is 1. The number of hydrogen-bond donors (Lipinski definition) is 1. The molecule has 25 heavy (non-hydrogen) atoms. The van der Waals surface area contributed by atoms with Crippen molar-refractivity contribution in [1.82, 2.24) is 5.32 Å². The van der Waals surface area contributed by atoms with E-state index in [9.17, 15) is 19.2 Å². The van der Waals surface area contributed by atoms with Gasteiger partial charge in [0, 0.05) is 12.0 Å². The third-order valence-corrected chi connectivity index (χ3v) is 3.41. The molecule has 1 atom stereocenters. The molecule has 0 aliphatic heterocycles. The molecule has 0 unspecified atom stereocenters. The fourth-order valence-electron chi connectivity index (χ4n) is 2.09. The summed E-state index contributed by atoms with van der Waals surface area (Å²) in [5, 5.41) is 2.53. The van der Waals surface area contributed by atoms with Crippen molar-refractivity contribution in [3.05, 3.63) is 65.7 Å². The molecule has 0 spiro atoms. The van der Waals surface area contributed by atoms with E-state index < -0.39 is 17.9 Å². The molecule has 2 aromatic carbocycles. The smallest absolute Gasteiger partial charge is 0.343 e. The average molecular weight is 339 g/mol. The van der Waals surface area contributed by atoms with Crippen LogP contribution in [0.4, 0.5) is 0 Å². The van der Waals surface area contributed by atoms with Crippen LogP contribution >= 0.6 is 0 Å². The number of hydrogen-bond acceptors (Lipinski definition) is 5. The Morgan fingerprint density at radius 3 is 2.24 bits per heavy atom. The third kappa shape index (κ3) is 5.39. The predicted molar refractivity (Wildman–Crippen MR) is 90.5 cm³/mol. The molecule has 0 heterocycles. The highest BCUT2D eigenvalue weighted by Gasteiger charge is 2.13. The number of nitrogens with one attached hydrogen (secondary N) is 1. The molecule has 6 nitrogen and oxygen atoms in total. The van der Waals surface area contributed by atoms with Gasteiger partial charge in [-0.15, -0.1) is 0 Å². The van der Waals surface area contributed by atoms with Crippen molar-refractivity contribution >= 4 is 24.4 Å². The first-order valence-electron chi connectivity index (χ1n) is 7.71. The first-order valence-corrected chi connectivity index (χ1v) is 7.71. The van der Waals surface area contributed by atoms with E-state index in [0.29, 0.717) is 29.4 Å². The van der Waals surface area contributed by atoms with Crippen LogP contribution in [-0.4, -0.2) is 30.5 Å². The fraction of sp³-hybridized carbons (Fsp3) is 0.158. The van der Waals surface area contributed by atoms with Gasteiger partial charge in [0.05, 0.1) is 11.6 Å². The van der Waals surface area contributed by atoms with Crippen molar-refractivity contribution in [1.29, 1.82) is 0 Å². The zero-order valence-electron chi connectivity index (χ0n) is 13.4. The highest BCUT2D eigenvalue weighted by molar-refractivity contribution is 5.96. The number of carbonyl (C=O) groups excluding carboxylic acids is 4. The van der Waals surface area contributed by atoms with Gasteiger partial charge in [0.2, 0.25) is 0 Å². The minimum atomic E-state index is -0.715. The van der Waals surface area contributed by atoms with Crippen LogP contribution in [-0.2, 0) is 9.59 Å². The van der Waals surface area contributed by atoms with Crippen molar-refractivity contribution in [3.8, 4) is 5.75 Å². The molecular formula is C19H17NO5. The fourth-order valence-corrected chi connectivity index (χ4v) is 2.09. The highest BCUT2D eigenvalue weighted by atomic mass is 16.5. The summed E-state index contributed by atoms with van der Waals surface area (Å²) in [5.41, 5.74) is 0.741. The van der Waals surface area contributed by atoms with Crippen LogP contribution in [0.15, 0.2) is 54.6 Å². The highest BCUT2D eigenvalue weighted by Crippen LogP contribution is 2.14. The summed E-state index contributed by atoms with van der Waals surface area (Å²) in [5.74, 6) is -0.630. The summed E-state index contributed by atoms with van der Waals surface area (Å²) >= 11 is 0. The lowest BCUT2D eigenvalue weighted by Crippen LogP contribution is -2.36. The molecule has 0 saturated heterocycles. The second kappa shape index (κ2) is 9.12. The maximum absolute atomic E-state index is 12.1. The Hall–Kier alpha value is -3.28. The molecule has 128 valence electrons. The van der Waals surface area contributed by atoms with E-state index in [4.69, 9.17) is 4.74 Å². The first kappa shape index (κ1) is 18.1. The summed E-state index contributed by atoms with van der Waals surface area (Å²) in [6.45, 7) is 0. The van der Waals surface area contributed by atoms with Crippen LogP contribution in [0.1, 0.15) is 33.6 Å². The van der Waals surface area contributed by atoms with E-state index in [-0.39, 0.29) is 12.8 Å². The van der Waals surface area contributed by atoms with Crippen LogP contribution in [0.25, 0.3) is 0 Å². The van der Waals surface area contributed by atoms with E-state index >= 15 is 0 Å². The molecular weight excluding hydrogens is 322 g/mol. The molecule has 1 N–H and O–H groups in total. The normalized spacial score (nSPS) is 11.2. The lowest BCUT2D eigenvalue weighted by molar-refractivity contribution is -0.110. The van der Waals surface area contributed by atoms with Gasteiger partial charge in [0.1, 0.15) is 18.3 Å². The van der Waals surface area contributed by atoms with Crippen molar-refractivity contribution in [2.75, 3.05) is 0 Å². The maximum Gasteiger partial charge on any atom is 0.343 e. The van der Waals surface area contributed by atoms with Crippen molar-refractivity contribution < 1.29 is 23.9 Å². The number of esters is 1. The monoisotopic (exact) mass is 339 g/mol. The third-order valence-electron chi connectivity index (χ3n) is 3.41. The molecule has 2 rings (SSSR count). The first-order chi connectivity index (χ1) is 12.1. The van der Waals surface area contributed by atoms with E-state index in [1.807, 2.05) is 0 Å². The Balaban J connectivity index is 1.97. The molecule has 0 bridgehead atoms.